The number of anilines is 1. The predicted molar refractivity (Wildman–Crippen MR) is 100 cm³/mol. The summed E-state index contributed by atoms with van der Waals surface area (Å²) in [7, 11) is 0. The maximum atomic E-state index is 12.7. The minimum Gasteiger partial charge on any atom is -0.508 e. The molecule has 2 aromatic carbocycles. The van der Waals surface area contributed by atoms with Gasteiger partial charge in [-0.1, -0.05) is 28.1 Å². The fraction of sp³-hybridized carbons (Fsp3) is 0.211. The molecule has 1 saturated heterocycles. The molecule has 2 aliphatic rings. The van der Waals surface area contributed by atoms with E-state index in [0.717, 1.165) is 27.7 Å². The molecule has 2 aromatic rings. The molecule has 0 spiro atoms. The van der Waals surface area contributed by atoms with Crippen molar-refractivity contribution in [1.29, 1.82) is 0 Å². The Labute approximate surface area is 153 Å². The number of phenolic OH excluding ortho intramolecular Hbond substituents is 1. The monoisotopic (exact) mass is 400 g/mol. The number of amides is 1. The number of nitrogens with one attached hydrogen (secondary N) is 2. The zero-order chi connectivity index (χ0) is 17.4. The molecule has 4 rings (SSSR count). The van der Waals surface area contributed by atoms with Gasteiger partial charge in [-0.25, -0.2) is 0 Å². The molecule has 1 unspecified atom stereocenters. The van der Waals surface area contributed by atoms with Crippen LogP contribution in [0.1, 0.15) is 17.5 Å². The zero-order valence-corrected chi connectivity index (χ0v) is 15.0. The number of aromatic hydroxyl groups is 1. The fourth-order valence-corrected chi connectivity index (χ4v) is 3.56. The molecule has 5 nitrogen and oxygen atoms in total. The minimum atomic E-state index is -0.155. The second-order valence-corrected chi connectivity index (χ2v) is 7.06. The Hall–Kier alpha value is -2.31. The van der Waals surface area contributed by atoms with Crippen LogP contribution in [0.15, 0.2) is 46.9 Å². The normalized spacial score (nSPS) is 21.0. The highest BCUT2D eigenvalue weighted by Gasteiger charge is 2.30. The maximum Gasteiger partial charge on any atom is 0.258 e. The van der Waals surface area contributed by atoms with Crippen LogP contribution in [0, 0.1) is 0 Å². The van der Waals surface area contributed by atoms with Gasteiger partial charge in [0.05, 0.1) is 23.9 Å². The summed E-state index contributed by atoms with van der Waals surface area (Å²) in [5, 5.41) is 16.3. The molecular weight excluding hydrogens is 384 g/mol. The second kappa shape index (κ2) is 6.54. The van der Waals surface area contributed by atoms with Gasteiger partial charge >= 0.3 is 0 Å². The van der Waals surface area contributed by atoms with Crippen molar-refractivity contribution in [2.24, 2.45) is 0 Å². The number of carbonyl (C=O) groups is 1. The van der Waals surface area contributed by atoms with Crippen LogP contribution in [-0.4, -0.2) is 30.3 Å². The SMILES string of the molecule is O=C1Nc2ccc(Br)cc2/C1=C(/NC1CCOC1)c1cccc(O)c1. The van der Waals surface area contributed by atoms with Crippen molar-refractivity contribution in [2.45, 2.75) is 12.5 Å². The lowest BCUT2D eigenvalue weighted by Crippen LogP contribution is -2.29. The Morgan fingerprint density at radius 1 is 1.28 bits per heavy atom. The van der Waals surface area contributed by atoms with Crippen LogP contribution in [0.25, 0.3) is 11.3 Å². The van der Waals surface area contributed by atoms with Crippen molar-refractivity contribution in [2.75, 3.05) is 18.5 Å². The number of ether oxygens (including phenoxy) is 1. The van der Waals surface area contributed by atoms with Crippen LogP contribution < -0.4 is 10.6 Å². The van der Waals surface area contributed by atoms with E-state index in [0.29, 0.717) is 24.5 Å². The summed E-state index contributed by atoms with van der Waals surface area (Å²) >= 11 is 3.48. The molecule has 25 heavy (non-hydrogen) atoms. The average molecular weight is 401 g/mol. The van der Waals surface area contributed by atoms with Gasteiger partial charge in [-0.2, -0.15) is 0 Å². The topological polar surface area (TPSA) is 70.6 Å². The molecule has 128 valence electrons. The summed E-state index contributed by atoms with van der Waals surface area (Å²) in [5.74, 6) is 0.00537. The van der Waals surface area contributed by atoms with E-state index in [1.165, 1.54) is 0 Å². The van der Waals surface area contributed by atoms with E-state index in [2.05, 4.69) is 26.6 Å². The van der Waals surface area contributed by atoms with E-state index >= 15 is 0 Å². The van der Waals surface area contributed by atoms with Gasteiger partial charge in [0, 0.05) is 27.9 Å². The Bertz CT molecular complexity index is 873. The van der Waals surface area contributed by atoms with Crippen molar-refractivity contribution in [3.05, 3.63) is 58.1 Å². The Balaban J connectivity index is 1.88. The zero-order valence-electron chi connectivity index (χ0n) is 13.4. The predicted octanol–water partition coefficient (Wildman–Crippen LogP) is 3.35. The third-order valence-corrected chi connectivity index (χ3v) is 4.88. The van der Waals surface area contributed by atoms with Crippen LogP contribution in [0.5, 0.6) is 5.75 Å². The Morgan fingerprint density at radius 2 is 2.16 bits per heavy atom. The first-order valence-electron chi connectivity index (χ1n) is 8.11. The number of hydrogen-bond acceptors (Lipinski definition) is 4. The van der Waals surface area contributed by atoms with Gasteiger partial charge in [0.2, 0.25) is 0 Å². The van der Waals surface area contributed by atoms with E-state index in [9.17, 15) is 9.90 Å². The quantitative estimate of drug-likeness (QED) is 0.690. The number of hydrogen-bond donors (Lipinski definition) is 3. The standard InChI is InChI=1S/C19H17BrN2O3/c20-12-4-5-16-15(9-12)17(19(24)22-16)18(21-13-6-7-25-10-13)11-2-1-3-14(23)8-11/h1-5,8-9,13,21,23H,6-7,10H2,(H,22,24)/b18-17-. The van der Waals surface area contributed by atoms with E-state index < -0.39 is 0 Å². The van der Waals surface area contributed by atoms with Crippen molar-refractivity contribution in [3.8, 4) is 5.75 Å². The van der Waals surface area contributed by atoms with Gasteiger partial charge in [0.15, 0.2) is 0 Å². The number of rotatable bonds is 3. The van der Waals surface area contributed by atoms with E-state index in [1.54, 1.807) is 18.2 Å². The van der Waals surface area contributed by atoms with Crippen LogP contribution >= 0.6 is 15.9 Å². The lowest BCUT2D eigenvalue weighted by molar-refractivity contribution is -0.110. The van der Waals surface area contributed by atoms with Crippen LogP contribution in [0.4, 0.5) is 5.69 Å². The molecule has 1 atom stereocenters. The molecule has 0 aromatic heterocycles. The highest BCUT2D eigenvalue weighted by atomic mass is 79.9. The molecule has 0 saturated carbocycles. The number of phenols is 1. The molecular formula is C19H17BrN2O3. The third kappa shape index (κ3) is 3.15. The fourth-order valence-electron chi connectivity index (χ4n) is 3.20. The van der Waals surface area contributed by atoms with Gasteiger partial charge < -0.3 is 20.5 Å². The molecule has 0 radical (unpaired) electrons. The van der Waals surface area contributed by atoms with Gasteiger partial charge in [0.1, 0.15) is 5.75 Å². The minimum absolute atomic E-state index is 0.133. The van der Waals surface area contributed by atoms with Crippen LogP contribution in [0.2, 0.25) is 0 Å². The smallest absolute Gasteiger partial charge is 0.258 e. The van der Waals surface area contributed by atoms with E-state index in [1.807, 2.05) is 24.3 Å². The van der Waals surface area contributed by atoms with Gasteiger partial charge in [-0.15, -0.1) is 0 Å². The number of benzene rings is 2. The molecule has 0 bridgehead atoms. The molecule has 0 aliphatic carbocycles. The highest BCUT2D eigenvalue weighted by molar-refractivity contribution is 9.10. The lowest BCUT2D eigenvalue weighted by atomic mass is 9.99. The molecule has 1 amide bonds. The number of carbonyl (C=O) groups excluding carboxylic acids is 1. The summed E-state index contributed by atoms with van der Waals surface area (Å²) in [6.45, 7) is 1.30. The van der Waals surface area contributed by atoms with Gasteiger partial charge in [-0.3, -0.25) is 4.79 Å². The Kier molecular flexibility index (Phi) is 4.23. The second-order valence-electron chi connectivity index (χ2n) is 6.15. The summed E-state index contributed by atoms with van der Waals surface area (Å²) < 4.78 is 6.36. The van der Waals surface area contributed by atoms with Crippen molar-refractivity contribution < 1.29 is 14.6 Å². The first kappa shape index (κ1) is 16.2. The summed E-state index contributed by atoms with van der Waals surface area (Å²) in [6, 6.07) is 12.8. The first-order valence-corrected chi connectivity index (χ1v) is 8.90. The third-order valence-electron chi connectivity index (χ3n) is 4.39. The van der Waals surface area contributed by atoms with Crippen LogP contribution in [0.3, 0.4) is 0 Å². The van der Waals surface area contributed by atoms with Crippen molar-refractivity contribution >= 4 is 38.8 Å². The molecule has 3 N–H and O–H groups in total. The average Bonchev–Trinajstić information content (AvgIpc) is 3.20. The molecule has 1 fully saturated rings. The maximum absolute atomic E-state index is 12.7. The Morgan fingerprint density at radius 3 is 2.92 bits per heavy atom. The largest absolute Gasteiger partial charge is 0.508 e. The molecule has 6 heteroatoms. The highest BCUT2D eigenvalue weighted by Crippen LogP contribution is 2.38. The van der Waals surface area contributed by atoms with Crippen molar-refractivity contribution in [1.82, 2.24) is 5.32 Å². The van der Waals surface area contributed by atoms with E-state index in [4.69, 9.17) is 4.74 Å². The lowest BCUT2D eigenvalue weighted by Gasteiger charge is -2.19. The summed E-state index contributed by atoms with van der Waals surface area (Å²) in [4.78, 5) is 12.7. The first-order chi connectivity index (χ1) is 12.1. The van der Waals surface area contributed by atoms with Crippen LogP contribution in [-0.2, 0) is 9.53 Å². The summed E-state index contributed by atoms with van der Waals surface area (Å²) in [6.07, 6.45) is 0.878. The molecule has 2 aliphatic heterocycles. The van der Waals surface area contributed by atoms with Gasteiger partial charge in [-0.05, 0) is 36.8 Å². The van der Waals surface area contributed by atoms with E-state index in [-0.39, 0.29) is 17.7 Å². The summed E-state index contributed by atoms with van der Waals surface area (Å²) in [5.41, 5.74) is 3.67. The van der Waals surface area contributed by atoms with Crippen molar-refractivity contribution in [3.63, 3.8) is 0 Å². The molecule has 2 heterocycles. The van der Waals surface area contributed by atoms with Gasteiger partial charge in [0.25, 0.3) is 5.91 Å². The number of fused-ring (bicyclic) bond motifs is 1. The number of halogens is 1.